The van der Waals surface area contributed by atoms with Gasteiger partial charge in [-0.3, -0.25) is 0 Å². The molecule has 1 unspecified atom stereocenters. The fourth-order valence-corrected chi connectivity index (χ4v) is 2.00. The number of hydrogen-bond donors (Lipinski definition) is 1. The summed E-state index contributed by atoms with van der Waals surface area (Å²) in [5.74, 6) is 1.26. The second-order valence-electron chi connectivity index (χ2n) is 4.39. The Morgan fingerprint density at radius 1 is 1.35 bits per heavy atom. The van der Waals surface area contributed by atoms with Crippen LogP contribution < -0.4 is 10.1 Å². The molecule has 1 aromatic rings. The second-order valence-corrected chi connectivity index (χ2v) is 4.39. The molecule has 1 aromatic carbocycles. The molecular formula is C14H21NO2. The molecule has 1 N–H and O–H groups in total. The summed E-state index contributed by atoms with van der Waals surface area (Å²) >= 11 is 0. The summed E-state index contributed by atoms with van der Waals surface area (Å²) in [6, 6.07) is 6.11. The Kier molecular flexibility index (Phi) is 5.16. The minimum atomic E-state index is 0.0556. The van der Waals surface area contributed by atoms with Crippen LogP contribution in [0.15, 0.2) is 18.2 Å². The Hall–Kier alpha value is -1.35. The quantitative estimate of drug-likeness (QED) is 0.770. The Morgan fingerprint density at radius 3 is 2.53 bits per heavy atom. The summed E-state index contributed by atoms with van der Waals surface area (Å²) in [6.45, 7) is 4.30. The number of methoxy groups -OCH3 is 1. The molecule has 1 atom stereocenters. The molecule has 0 amide bonds. The lowest BCUT2D eigenvalue weighted by Gasteiger charge is -2.21. The van der Waals surface area contributed by atoms with Gasteiger partial charge in [-0.2, -0.15) is 0 Å². The third-order valence-corrected chi connectivity index (χ3v) is 2.97. The van der Waals surface area contributed by atoms with Crippen LogP contribution in [0.4, 0.5) is 0 Å². The molecule has 0 spiro atoms. The van der Waals surface area contributed by atoms with E-state index in [0.29, 0.717) is 12.3 Å². The zero-order valence-electron chi connectivity index (χ0n) is 11.0. The van der Waals surface area contributed by atoms with Crippen molar-refractivity contribution >= 4 is 6.29 Å². The van der Waals surface area contributed by atoms with Gasteiger partial charge in [0.25, 0.3) is 0 Å². The first-order valence-electron chi connectivity index (χ1n) is 5.92. The molecule has 3 heteroatoms. The number of carbonyl (C=O) groups is 1. The van der Waals surface area contributed by atoms with E-state index in [1.165, 1.54) is 5.56 Å². The molecule has 0 saturated carbocycles. The molecule has 17 heavy (non-hydrogen) atoms. The number of benzene rings is 1. The number of hydrogen-bond acceptors (Lipinski definition) is 3. The normalized spacial score (nSPS) is 12.5. The highest BCUT2D eigenvalue weighted by molar-refractivity contribution is 5.52. The topological polar surface area (TPSA) is 38.3 Å². The van der Waals surface area contributed by atoms with Gasteiger partial charge in [-0.1, -0.05) is 19.9 Å². The molecule has 94 valence electrons. The van der Waals surface area contributed by atoms with E-state index in [4.69, 9.17) is 4.74 Å². The van der Waals surface area contributed by atoms with Crippen molar-refractivity contribution in [3.05, 3.63) is 29.3 Å². The third-order valence-electron chi connectivity index (χ3n) is 2.97. The monoisotopic (exact) mass is 235 g/mol. The average Bonchev–Trinajstić information content (AvgIpc) is 2.35. The van der Waals surface area contributed by atoms with Crippen molar-refractivity contribution in [1.82, 2.24) is 5.32 Å². The number of nitrogens with one attached hydrogen (secondary N) is 1. The van der Waals surface area contributed by atoms with Crippen LogP contribution in [0, 0.1) is 0 Å². The Bertz CT molecular complexity index is 374. The van der Waals surface area contributed by atoms with Crippen LogP contribution in [0.1, 0.15) is 43.4 Å². The number of carbonyl (C=O) groups excluding carboxylic acids is 1. The molecule has 0 aliphatic heterocycles. The lowest BCUT2D eigenvalue weighted by molar-refractivity contribution is -0.108. The van der Waals surface area contributed by atoms with Gasteiger partial charge >= 0.3 is 0 Å². The van der Waals surface area contributed by atoms with Gasteiger partial charge in [-0.15, -0.1) is 0 Å². The van der Waals surface area contributed by atoms with Crippen molar-refractivity contribution in [3.8, 4) is 5.75 Å². The van der Waals surface area contributed by atoms with Gasteiger partial charge in [-0.25, -0.2) is 0 Å². The van der Waals surface area contributed by atoms with E-state index < -0.39 is 0 Å². The van der Waals surface area contributed by atoms with E-state index in [9.17, 15) is 4.79 Å². The first-order valence-corrected chi connectivity index (χ1v) is 5.92. The predicted molar refractivity (Wildman–Crippen MR) is 69.6 cm³/mol. The smallest absolute Gasteiger partial charge is 0.121 e. The zero-order valence-corrected chi connectivity index (χ0v) is 11.0. The first-order chi connectivity index (χ1) is 8.13. The summed E-state index contributed by atoms with van der Waals surface area (Å²) in [5, 5.41) is 3.18. The lowest BCUT2D eigenvalue weighted by Crippen LogP contribution is -2.18. The zero-order chi connectivity index (χ0) is 12.8. The van der Waals surface area contributed by atoms with Crippen LogP contribution in [-0.2, 0) is 4.79 Å². The standard InChI is InChI=1S/C14H21NO2/c1-10(2)12-6-5-11(17-4)9-13(12)14(15-3)7-8-16/h5-6,8-10,14-15H,7H2,1-4H3. The minimum absolute atomic E-state index is 0.0556. The van der Waals surface area contributed by atoms with E-state index >= 15 is 0 Å². The largest absolute Gasteiger partial charge is 0.497 e. The van der Waals surface area contributed by atoms with E-state index in [-0.39, 0.29) is 6.04 Å². The summed E-state index contributed by atoms with van der Waals surface area (Å²) in [4.78, 5) is 10.7. The molecule has 0 aromatic heterocycles. The van der Waals surface area contributed by atoms with Crippen LogP contribution in [0.25, 0.3) is 0 Å². The van der Waals surface area contributed by atoms with Crippen molar-refractivity contribution in [1.29, 1.82) is 0 Å². The number of ether oxygens (including phenoxy) is 1. The van der Waals surface area contributed by atoms with Crippen molar-refractivity contribution in [3.63, 3.8) is 0 Å². The fourth-order valence-electron chi connectivity index (χ4n) is 2.00. The number of aldehydes is 1. The van der Waals surface area contributed by atoms with Gasteiger partial charge in [0.15, 0.2) is 0 Å². The Morgan fingerprint density at radius 2 is 2.06 bits per heavy atom. The highest BCUT2D eigenvalue weighted by atomic mass is 16.5. The average molecular weight is 235 g/mol. The molecule has 0 aliphatic rings. The van der Waals surface area contributed by atoms with Gasteiger partial charge in [0.2, 0.25) is 0 Å². The van der Waals surface area contributed by atoms with E-state index in [1.807, 2.05) is 19.2 Å². The molecular weight excluding hydrogens is 214 g/mol. The Labute approximate surface area is 103 Å². The van der Waals surface area contributed by atoms with Gasteiger partial charge < -0.3 is 14.8 Å². The summed E-state index contributed by atoms with van der Waals surface area (Å²) in [5.41, 5.74) is 2.40. The van der Waals surface area contributed by atoms with Crippen molar-refractivity contribution in [2.45, 2.75) is 32.2 Å². The van der Waals surface area contributed by atoms with Crippen LogP contribution in [0.2, 0.25) is 0 Å². The molecule has 0 fully saturated rings. The first kappa shape index (κ1) is 13.7. The fraction of sp³-hybridized carbons (Fsp3) is 0.500. The van der Waals surface area contributed by atoms with E-state index in [1.54, 1.807) is 7.11 Å². The summed E-state index contributed by atoms with van der Waals surface area (Å²) in [6.07, 6.45) is 1.42. The predicted octanol–water partition coefficient (Wildman–Crippen LogP) is 2.67. The highest BCUT2D eigenvalue weighted by Gasteiger charge is 2.16. The van der Waals surface area contributed by atoms with E-state index in [2.05, 4.69) is 25.2 Å². The van der Waals surface area contributed by atoms with Crippen LogP contribution in [0.3, 0.4) is 0 Å². The third kappa shape index (κ3) is 3.30. The molecule has 0 radical (unpaired) electrons. The molecule has 0 heterocycles. The molecule has 0 bridgehead atoms. The van der Waals surface area contributed by atoms with Crippen LogP contribution >= 0.6 is 0 Å². The maximum Gasteiger partial charge on any atom is 0.121 e. The van der Waals surface area contributed by atoms with Gasteiger partial charge in [0, 0.05) is 12.5 Å². The van der Waals surface area contributed by atoms with E-state index in [0.717, 1.165) is 17.6 Å². The van der Waals surface area contributed by atoms with Gasteiger partial charge in [0.1, 0.15) is 12.0 Å². The lowest BCUT2D eigenvalue weighted by atomic mass is 9.91. The Balaban J connectivity index is 3.19. The van der Waals surface area contributed by atoms with Gasteiger partial charge in [0.05, 0.1) is 7.11 Å². The summed E-state index contributed by atoms with van der Waals surface area (Å²) < 4.78 is 5.25. The van der Waals surface area contributed by atoms with Crippen LogP contribution in [-0.4, -0.2) is 20.4 Å². The minimum Gasteiger partial charge on any atom is -0.497 e. The molecule has 0 saturated heterocycles. The SMILES string of the molecule is CNC(CC=O)c1cc(OC)ccc1C(C)C. The maximum atomic E-state index is 10.7. The van der Waals surface area contributed by atoms with Crippen molar-refractivity contribution < 1.29 is 9.53 Å². The highest BCUT2D eigenvalue weighted by Crippen LogP contribution is 2.29. The molecule has 0 aliphatic carbocycles. The second kappa shape index (κ2) is 6.40. The summed E-state index contributed by atoms with van der Waals surface area (Å²) in [7, 11) is 3.53. The van der Waals surface area contributed by atoms with Crippen LogP contribution in [0.5, 0.6) is 5.75 Å². The van der Waals surface area contributed by atoms with Gasteiger partial charge in [-0.05, 0) is 36.2 Å². The van der Waals surface area contributed by atoms with Crippen molar-refractivity contribution in [2.75, 3.05) is 14.2 Å². The molecule has 3 nitrogen and oxygen atoms in total. The maximum absolute atomic E-state index is 10.7. The van der Waals surface area contributed by atoms with Crippen molar-refractivity contribution in [2.24, 2.45) is 0 Å². The number of rotatable bonds is 6. The molecule has 1 rings (SSSR count).